The molecule has 3 N–H and O–H groups in total. The zero-order valence-corrected chi connectivity index (χ0v) is 18.7. The lowest BCUT2D eigenvalue weighted by Gasteiger charge is -2.14. The number of anilines is 1. The number of benzene rings is 2. The molecule has 30 heavy (non-hydrogen) atoms. The van der Waals surface area contributed by atoms with Crippen LogP contribution >= 0.6 is 35.4 Å². The molecule has 1 amide bonds. The monoisotopic (exact) mass is 468 g/mol. The van der Waals surface area contributed by atoms with Crippen LogP contribution in [0.5, 0.6) is 5.75 Å². The number of hydrogen-bond acceptors (Lipinski definition) is 4. The molecule has 0 aromatic heterocycles. The van der Waals surface area contributed by atoms with E-state index in [1.807, 2.05) is 0 Å². The summed E-state index contributed by atoms with van der Waals surface area (Å²) in [6, 6.07) is 9.29. The van der Waals surface area contributed by atoms with Crippen LogP contribution in [0.25, 0.3) is 0 Å². The highest BCUT2D eigenvalue weighted by Gasteiger charge is 2.17. The molecule has 160 valence electrons. The first-order chi connectivity index (χ1) is 14.3. The number of carboxylic acid groups (broad SMARTS) is 1. The van der Waals surface area contributed by atoms with E-state index in [0.29, 0.717) is 17.9 Å². The van der Waals surface area contributed by atoms with Gasteiger partial charge in [-0.05, 0) is 55.0 Å². The summed E-state index contributed by atoms with van der Waals surface area (Å²) in [5, 5.41) is 14.6. The molecule has 0 saturated carbocycles. The normalized spacial score (nSPS) is 10.4. The Morgan fingerprint density at radius 1 is 1.10 bits per heavy atom. The van der Waals surface area contributed by atoms with Crippen LogP contribution in [0.1, 0.15) is 53.3 Å². The fourth-order valence-electron chi connectivity index (χ4n) is 2.61. The molecule has 2 aromatic rings. The highest BCUT2D eigenvalue weighted by Crippen LogP contribution is 2.30. The highest BCUT2D eigenvalue weighted by atomic mass is 35.5. The SMILES string of the molecule is CCCCCCOc1ccc(C(=O)NC(=S)Nc2c(Cl)cc(Cl)cc2C(=O)O)cc1. The van der Waals surface area contributed by atoms with Gasteiger partial charge in [-0.25, -0.2) is 4.79 Å². The van der Waals surface area contributed by atoms with Gasteiger partial charge in [-0.15, -0.1) is 0 Å². The number of nitrogens with one attached hydrogen (secondary N) is 2. The van der Waals surface area contributed by atoms with Crippen molar-refractivity contribution in [1.29, 1.82) is 0 Å². The average Bonchev–Trinajstić information content (AvgIpc) is 2.70. The van der Waals surface area contributed by atoms with E-state index in [0.717, 1.165) is 12.8 Å². The van der Waals surface area contributed by atoms with Crippen molar-refractivity contribution in [1.82, 2.24) is 5.32 Å². The smallest absolute Gasteiger partial charge is 0.337 e. The van der Waals surface area contributed by atoms with Gasteiger partial charge in [-0.1, -0.05) is 49.4 Å². The standard InChI is InChI=1S/C21H22Cl2N2O4S/c1-2-3-4-5-10-29-15-8-6-13(7-9-15)19(26)25-21(30)24-18-16(20(27)28)11-14(22)12-17(18)23/h6-9,11-12H,2-5,10H2,1H3,(H,27,28)(H2,24,25,26,30). The maximum atomic E-state index is 12.4. The van der Waals surface area contributed by atoms with Crippen molar-refractivity contribution in [2.45, 2.75) is 32.6 Å². The summed E-state index contributed by atoms with van der Waals surface area (Å²) in [6.07, 6.45) is 4.47. The van der Waals surface area contributed by atoms with E-state index in [4.69, 9.17) is 40.2 Å². The minimum Gasteiger partial charge on any atom is -0.494 e. The molecule has 6 nitrogen and oxygen atoms in total. The van der Waals surface area contributed by atoms with Gasteiger partial charge in [0.05, 0.1) is 22.9 Å². The van der Waals surface area contributed by atoms with Crippen molar-refractivity contribution >= 4 is 58.1 Å². The lowest BCUT2D eigenvalue weighted by Crippen LogP contribution is -2.34. The van der Waals surface area contributed by atoms with Crippen molar-refractivity contribution in [2.24, 2.45) is 0 Å². The molecule has 0 aliphatic rings. The van der Waals surface area contributed by atoms with E-state index in [1.54, 1.807) is 24.3 Å². The van der Waals surface area contributed by atoms with Crippen molar-refractivity contribution in [3.63, 3.8) is 0 Å². The Kier molecular flexibility index (Phi) is 9.36. The van der Waals surface area contributed by atoms with Gasteiger partial charge < -0.3 is 15.2 Å². The molecule has 0 aliphatic heterocycles. The number of halogens is 2. The third-order valence-corrected chi connectivity index (χ3v) is 4.85. The summed E-state index contributed by atoms with van der Waals surface area (Å²) in [6.45, 7) is 2.79. The van der Waals surface area contributed by atoms with Crippen LogP contribution in [-0.4, -0.2) is 28.7 Å². The van der Waals surface area contributed by atoms with Crippen LogP contribution in [0.4, 0.5) is 5.69 Å². The Labute approximate surface area is 190 Å². The number of carboxylic acids is 1. The van der Waals surface area contributed by atoms with E-state index < -0.39 is 11.9 Å². The molecule has 0 radical (unpaired) electrons. The molecule has 0 spiro atoms. The lowest BCUT2D eigenvalue weighted by molar-refractivity contribution is 0.0697. The summed E-state index contributed by atoms with van der Waals surface area (Å²) >= 11 is 17.0. The molecule has 0 heterocycles. The second kappa shape index (κ2) is 11.7. The predicted molar refractivity (Wildman–Crippen MR) is 123 cm³/mol. The van der Waals surface area contributed by atoms with Gasteiger partial charge in [0.15, 0.2) is 5.11 Å². The van der Waals surface area contributed by atoms with Gasteiger partial charge in [0.2, 0.25) is 0 Å². The van der Waals surface area contributed by atoms with Gasteiger partial charge in [0, 0.05) is 10.6 Å². The predicted octanol–water partition coefficient (Wildman–Crippen LogP) is 5.78. The number of rotatable bonds is 9. The molecule has 9 heteroatoms. The number of aromatic carboxylic acids is 1. The number of thiocarbonyl (C=S) groups is 1. The first kappa shape index (κ1) is 23.9. The second-order valence-electron chi connectivity index (χ2n) is 6.46. The van der Waals surface area contributed by atoms with E-state index in [9.17, 15) is 14.7 Å². The summed E-state index contributed by atoms with van der Waals surface area (Å²) in [7, 11) is 0. The lowest BCUT2D eigenvalue weighted by atomic mass is 10.2. The Bertz CT molecular complexity index is 920. The molecular weight excluding hydrogens is 447 g/mol. The van der Waals surface area contributed by atoms with Crippen molar-refractivity contribution in [3.05, 3.63) is 57.6 Å². The minimum absolute atomic E-state index is 0.0469. The molecule has 2 rings (SSSR count). The zero-order chi connectivity index (χ0) is 22.1. The molecule has 0 saturated heterocycles. The van der Waals surface area contributed by atoms with E-state index in [2.05, 4.69) is 17.6 Å². The first-order valence-electron chi connectivity index (χ1n) is 9.39. The minimum atomic E-state index is -1.23. The largest absolute Gasteiger partial charge is 0.494 e. The molecule has 0 aliphatic carbocycles. The Morgan fingerprint density at radius 3 is 2.43 bits per heavy atom. The second-order valence-corrected chi connectivity index (χ2v) is 7.71. The fraction of sp³-hybridized carbons (Fsp3) is 0.286. The molecule has 0 unspecified atom stereocenters. The van der Waals surface area contributed by atoms with Crippen molar-refractivity contribution < 1.29 is 19.4 Å². The van der Waals surface area contributed by atoms with Gasteiger partial charge in [-0.3, -0.25) is 10.1 Å². The first-order valence-corrected chi connectivity index (χ1v) is 10.6. The molecule has 0 atom stereocenters. The maximum absolute atomic E-state index is 12.4. The molecule has 0 bridgehead atoms. The third-order valence-electron chi connectivity index (χ3n) is 4.13. The van der Waals surface area contributed by atoms with Crippen molar-refractivity contribution in [2.75, 3.05) is 11.9 Å². The quantitative estimate of drug-likeness (QED) is 0.319. The van der Waals surface area contributed by atoms with Gasteiger partial charge >= 0.3 is 5.97 Å². The molecule has 0 fully saturated rings. The van der Waals surface area contributed by atoms with Crippen LogP contribution in [0.2, 0.25) is 10.0 Å². The number of unbranched alkanes of at least 4 members (excludes halogenated alkanes) is 3. The van der Waals surface area contributed by atoms with Gasteiger partial charge in [-0.2, -0.15) is 0 Å². The van der Waals surface area contributed by atoms with Crippen LogP contribution in [0.15, 0.2) is 36.4 Å². The topological polar surface area (TPSA) is 87.7 Å². The van der Waals surface area contributed by atoms with Gasteiger partial charge in [0.25, 0.3) is 5.91 Å². The zero-order valence-electron chi connectivity index (χ0n) is 16.3. The summed E-state index contributed by atoms with van der Waals surface area (Å²) in [4.78, 5) is 23.8. The molecular formula is C21H22Cl2N2O4S. The Hall–Kier alpha value is -2.35. The van der Waals surface area contributed by atoms with Crippen LogP contribution in [-0.2, 0) is 0 Å². The van der Waals surface area contributed by atoms with Crippen LogP contribution < -0.4 is 15.4 Å². The van der Waals surface area contributed by atoms with E-state index >= 15 is 0 Å². The van der Waals surface area contributed by atoms with Crippen LogP contribution in [0, 0.1) is 0 Å². The summed E-state index contributed by atoms with van der Waals surface area (Å²) in [5.41, 5.74) is 0.258. The number of amides is 1. The highest BCUT2D eigenvalue weighted by molar-refractivity contribution is 7.80. The summed E-state index contributed by atoms with van der Waals surface area (Å²) < 4.78 is 5.65. The number of ether oxygens (including phenoxy) is 1. The van der Waals surface area contributed by atoms with E-state index in [1.165, 1.54) is 25.0 Å². The Morgan fingerprint density at radius 2 is 1.80 bits per heavy atom. The van der Waals surface area contributed by atoms with Crippen molar-refractivity contribution in [3.8, 4) is 5.75 Å². The summed E-state index contributed by atoms with van der Waals surface area (Å²) in [5.74, 6) is -1.01. The van der Waals surface area contributed by atoms with Gasteiger partial charge in [0.1, 0.15) is 5.75 Å². The number of carbonyl (C=O) groups is 2. The average molecular weight is 469 g/mol. The fourth-order valence-corrected chi connectivity index (χ4v) is 3.35. The Balaban J connectivity index is 1.95. The van der Waals surface area contributed by atoms with E-state index in [-0.39, 0.29) is 26.4 Å². The number of hydrogen-bond donors (Lipinski definition) is 3. The third kappa shape index (κ3) is 7.16. The van der Waals surface area contributed by atoms with Crippen LogP contribution in [0.3, 0.4) is 0 Å². The molecule has 2 aromatic carbocycles. The maximum Gasteiger partial charge on any atom is 0.337 e. The number of carbonyl (C=O) groups excluding carboxylic acids is 1.